The van der Waals surface area contributed by atoms with Crippen LogP contribution in [0.4, 0.5) is 0 Å². The molecule has 0 radical (unpaired) electrons. The first-order chi connectivity index (χ1) is 10.1. The van der Waals surface area contributed by atoms with Crippen LogP contribution < -0.4 is 5.32 Å². The van der Waals surface area contributed by atoms with Crippen LogP contribution in [-0.4, -0.2) is 56.6 Å². The predicted octanol–water partition coefficient (Wildman–Crippen LogP) is 3.28. The van der Waals surface area contributed by atoms with E-state index in [0.29, 0.717) is 10.0 Å². The Morgan fingerprint density at radius 2 is 2.00 bits per heavy atom. The van der Waals surface area contributed by atoms with Crippen LogP contribution in [0, 0.1) is 0 Å². The lowest BCUT2D eigenvalue weighted by Gasteiger charge is -2.24. The van der Waals surface area contributed by atoms with E-state index in [4.69, 9.17) is 23.2 Å². The van der Waals surface area contributed by atoms with E-state index in [0.717, 1.165) is 31.6 Å². The number of likely N-dealkylation sites (N-methyl/N-ethyl adjacent to an activating group) is 1. The lowest BCUT2D eigenvalue weighted by atomic mass is 10.0. The third-order valence-corrected chi connectivity index (χ3v) is 5.08. The van der Waals surface area contributed by atoms with E-state index in [1.165, 1.54) is 19.5 Å². The van der Waals surface area contributed by atoms with Crippen molar-refractivity contribution in [2.45, 2.75) is 18.9 Å². The number of halogens is 2. The van der Waals surface area contributed by atoms with Gasteiger partial charge in [0.05, 0.1) is 10.0 Å². The summed E-state index contributed by atoms with van der Waals surface area (Å²) in [5.74, 6) is 0. The maximum Gasteiger partial charge on any atom is 0.0640 e. The number of rotatable bonds is 5. The Labute approximate surface area is 138 Å². The maximum atomic E-state index is 6.34. The van der Waals surface area contributed by atoms with E-state index in [1.54, 1.807) is 0 Å². The largest absolute Gasteiger partial charge is 0.313 e. The minimum atomic E-state index is 0.247. The maximum absolute atomic E-state index is 6.34. The molecule has 1 aromatic carbocycles. The fourth-order valence-electron chi connectivity index (χ4n) is 2.88. The molecule has 1 fully saturated rings. The van der Waals surface area contributed by atoms with Gasteiger partial charge in [-0.2, -0.15) is 0 Å². The van der Waals surface area contributed by atoms with Gasteiger partial charge in [0.2, 0.25) is 0 Å². The molecule has 0 aromatic heterocycles. The number of nitrogens with one attached hydrogen (secondary N) is 1. The molecule has 1 aromatic rings. The van der Waals surface area contributed by atoms with Crippen molar-refractivity contribution in [2.24, 2.45) is 0 Å². The fourth-order valence-corrected chi connectivity index (χ4v) is 3.32. The first-order valence-corrected chi connectivity index (χ1v) is 8.39. The molecule has 21 heavy (non-hydrogen) atoms. The summed E-state index contributed by atoms with van der Waals surface area (Å²) in [6, 6.07) is 6.11. The highest BCUT2D eigenvalue weighted by atomic mass is 35.5. The van der Waals surface area contributed by atoms with Gasteiger partial charge >= 0.3 is 0 Å². The Morgan fingerprint density at radius 1 is 1.19 bits per heavy atom. The average Bonchev–Trinajstić information content (AvgIpc) is 2.68. The van der Waals surface area contributed by atoms with Crippen LogP contribution in [0.15, 0.2) is 18.2 Å². The van der Waals surface area contributed by atoms with Crippen molar-refractivity contribution < 1.29 is 0 Å². The van der Waals surface area contributed by atoms with Crippen molar-refractivity contribution in [3.05, 3.63) is 33.8 Å². The van der Waals surface area contributed by atoms with Gasteiger partial charge in [0, 0.05) is 19.1 Å². The molecule has 1 aliphatic heterocycles. The molecule has 0 bridgehead atoms. The normalized spacial score (nSPS) is 19.4. The Kier molecular flexibility index (Phi) is 6.77. The quantitative estimate of drug-likeness (QED) is 0.894. The van der Waals surface area contributed by atoms with Gasteiger partial charge in [0.25, 0.3) is 0 Å². The van der Waals surface area contributed by atoms with Crippen LogP contribution >= 0.6 is 23.2 Å². The van der Waals surface area contributed by atoms with E-state index in [1.807, 2.05) is 19.2 Å². The molecule has 0 saturated carbocycles. The van der Waals surface area contributed by atoms with Crippen molar-refractivity contribution in [3.63, 3.8) is 0 Å². The highest BCUT2D eigenvalue weighted by molar-refractivity contribution is 6.42. The van der Waals surface area contributed by atoms with E-state index in [-0.39, 0.29) is 6.04 Å². The van der Waals surface area contributed by atoms with Crippen LogP contribution in [0.25, 0.3) is 0 Å². The van der Waals surface area contributed by atoms with Crippen molar-refractivity contribution in [1.82, 2.24) is 15.1 Å². The molecule has 1 atom stereocenters. The van der Waals surface area contributed by atoms with Crippen LogP contribution in [-0.2, 0) is 0 Å². The Morgan fingerprint density at radius 3 is 2.76 bits per heavy atom. The molecule has 1 unspecified atom stereocenters. The third kappa shape index (κ3) is 4.83. The number of benzene rings is 1. The predicted molar refractivity (Wildman–Crippen MR) is 91.4 cm³/mol. The molecule has 3 nitrogen and oxygen atoms in total. The summed E-state index contributed by atoms with van der Waals surface area (Å²) in [5.41, 5.74) is 1.10. The van der Waals surface area contributed by atoms with Crippen molar-refractivity contribution in [1.29, 1.82) is 0 Å². The van der Waals surface area contributed by atoms with Gasteiger partial charge in [-0.3, -0.25) is 0 Å². The third-order valence-electron chi connectivity index (χ3n) is 4.25. The summed E-state index contributed by atoms with van der Waals surface area (Å²) in [7, 11) is 4.18. The topological polar surface area (TPSA) is 18.5 Å². The number of hydrogen-bond acceptors (Lipinski definition) is 3. The smallest absolute Gasteiger partial charge is 0.0640 e. The second kappa shape index (κ2) is 8.35. The monoisotopic (exact) mass is 329 g/mol. The molecule has 1 N–H and O–H groups in total. The average molecular weight is 330 g/mol. The number of nitrogens with zero attached hydrogens (tertiary/aromatic N) is 2. The minimum absolute atomic E-state index is 0.247. The molecular formula is C16H25Cl2N3. The van der Waals surface area contributed by atoms with Crippen LogP contribution in [0.1, 0.15) is 24.4 Å². The summed E-state index contributed by atoms with van der Waals surface area (Å²) in [6.45, 7) is 5.77. The van der Waals surface area contributed by atoms with Crippen molar-refractivity contribution in [3.8, 4) is 0 Å². The van der Waals surface area contributed by atoms with E-state index < -0.39 is 0 Å². The second-order valence-electron chi connectivity index (χ2n) is 5.77. The molecule has 0 aliphatic carbocycles. The molecule has 1 aliphatic rings. The molecule has 2 rings (SSSR count). The van der Waals surface area contributed by atoms with E-state index >= 15 is 0 Å². The van der Waals surface area contributed by atoms with Crippen LogP contribution in [0.2, 0.25) is 10.0 Å². The molecular weight excluding hydrogens is 305 g/mol. The minimum Gasteiger partial charge on any atom is -0.313 e. The van der Waals surface area contributed by atoms with E-state index in [9.17, 15) is 0 Å². The standard InChI is InChI=1S/C16H25Cl2N3/c1-19-15(13-5-3-6-14(17)16(13)18)7-10-21-9-4-8-20(2)11-12-21/h3,5-6,15,19H,4,7-12H2,1-2H3. The zero-order valence-corrected chi connectivity index (χ0v) is 14.4. The van der Waals surface area contributed by atoms with Crippen molar-refractivity contribution in [2.75, 3.05) is 46.8 Å². The summed E-state index contributed by atoms with van der Waals surface area (Å²) < 4.78 is 0. The van der Waals surface area contributed by atoms with Gasteiger partial charge in [0.15, 0.2) is 0 Å². The fraction of sp³-hybridized carbons (Fsp3) is 0.625. The molecule has 0 amide bonds. The summed E-state index contributed by atoms with van der Waals surface area (Å²) >= 11 is 12.5. The van der Waals surface area contributed by atoms with Gasteiger partial charge in [-0.15, -0.1) is 0 Å². The lowest BCUT2D eigenvalue weighted by molar-refractivity contribution is 0.262. The van der Waals surface area contributed by atoms with E-state index in [2.05, 4.69) is 28.2 Å². The Hall–Kier alpha value is -0.320. The molecule has 0 spiro atoms. The number of hydrogen-bond donors (Lipinski definition) is 1. The lowest BCUT2D eigenvalue weighted by Crippen LogP contribution is -2.32. The summed E-state index contributed by atoms with van der Waals surface area (Å²) in [4.78, 5) is 4.95. The highest BCUT2D eigenvalue weighted by Crippen LogP contribution is 2.31. The Balaban J connectivity index is 1.94. The highest BCUT2D eigenvalue weighted by Gasteiger charge is 2.17. The SMILES string of the molecule is CNC(CCN1CCCN(C)CC1)c1cccc(Cl)c1Cl. The second-order valence-corrected chi connectivity index (χ2v) is 6.56. The molecule has 118 valence electrons. The first kappa shape index (κ1) is 17.0. The van der Waals surface area contributed by atoms with Crippen LogP contribution in [0.5, 0.6) is 0 Å². The van der Waals surface area contributed by atoms with Crippen molar-refractivity contribution >= 4 is 23.2 Å². The first-order valence-electron chi connectivity index (χ1n) is 7.64. The zero-order valence-electron chi connectivity index (χ0n) is 12.9. The molecule has 5 heteroatoms. The summed E-state index contributed by atoms with van der Waals surface area (Å²) in [6.07, 6.45) is 2.29. The van der Waals surface area contributed by atoms with Crippen LogP contribution in [0.3, 0.4) is 0 Å². The Bertz CT molecular complexity index is 453. The van der Waals surface area contributed by atoms with Gasteiger partial charge < -0.3 is 15.1 Å². The van der Waals surface area contributed by atoms with Gasteiger partial charge in [-0.1, -0.05) is 35.3 Å². The zero-order chi connectivity index (χ0) is 15.2. The van der Waals surface area contributed by atoms with Gasteiger partial charge in [-0.05, 0) is 58.2 Å². The van der Waals surface area contributed by atoms with Gasteiger partial charge in [0.1, 0.15) is 0 Å². The summed E-state index contributed by atoms with van der Waals surface area (Å²) in [5, 5.41) is 4.68. The molecule has 1 heterocycles. The molecule has 1 saturated heterocycles. The van der Waals surface area contributed by atoms with Gasteiger partial charge in [-0.25, -0.2) is 0 Å².